The van der Waals surface area contributed by atoms with Gasteiger partial charge in [-0.1, -0.05) is 38.2 Å². The van der Waals surface area contributed by atoms with Gasteiger partial charge in [0.2, 0.25) is 11.8 Å². The van der Waals surface area contributed by atoms with E-state index in [1.807, 2.05) is 4.90 Å². The Morgan fingerprint density at radius 1 is 1.03 bits per heavy atom. The maximum absolute atomic E-state index is 13.1. The van der Waals surface area contributed by atoms with Crippen molar-refractivity contribution in [3.8, 4) is 11.3 Å². The van der Waals surface area contributed by atoms with E-state index in [1.54, 1.807) is 11.3 Å². The van der Waals surface area contributed by atoms with Gasteiger partial charge in [0.05, 0.1) is 5.69 Å². The lowest BCUT2D eigenvalue weighted by atomic mass is 9.88. The maximum Gasteiger partial charge on any atom is 0.230 e. The second kappa shape index (κ2) is 8.73. The highest BCUT2D eigenvalue weighted by Gasteiger charge is 2.31. The summed E-state index contributed by atoms with van der Waals surface area (Å²) in [6.07, 6.45) is 10.9. The number of nitrogens with one attached hydrogen (secondary N) is 1. The molecule has 2 heterocycles. The van der Waals surface area contributed by atoms with Crippen LogP contribution in [-0.4, -0.2) is 23.3 Å². The summed E-state index contributed by atoms with van der Waals surface area (Å²) < 4.78 is 0. The molecule has 2 saturated carbocycles. The molecule has 31 heavy (non-hydrogen) atoms. The molecule has 3 aliphatic rings. The number of hydrogen-bond donors (Lipinski definition) is 1. The summed E-state index contributed by atoms with van der Waals surface area (Å²) in [6, 6.07) is 6.36. The van der Waals surface area contributed by atoms with E-state index in [0.29, 0.717) is 11.0 Å². The highest BCUT2D eigenvalue weighted by molar-refractivity contribution is 7.16. The van der Waals surface area contributed by atoms with E-state index in [9.17, 15) is 9.59 Å². The van der Waals surface area contributed by atoms with Crippen molar-refractivity contribution in [3.63, 3.8) is 0 Å². The van der Waals surface area contributed by atoms with E-state index in [0.717, 1.165) is 73.3 Å². The summed E-state index contributed by atoms with van der Waals surface area (Å²) in [5.41, 5.74) is 4.31. The van der Waals surface area contributed by atoms with Crippen LogP contribution >= 0.6 is 11.3 Å². The SMILES string of the molecule is Cc1sc(NC(=O)C2CCCC2)nc1-c1ccc2c(c1)CCN2C(=O)C1CCCCC1. The molecular formula is C25H31N3O2S. The van der Waals surface area contributed by atoms with Gasteiger partial charge >= 0.3 is 0 Å². The first-order chi connectivity index (χ1) is 15.1. The molecular weight excluding hydrogens is 406 g/mol. The van der Waals surface area contributed by atoms with E-state index in [2.05, 4.69) is 30.4 Å². The normalized spacial score (nSPS) is 19.6. The number of aromatic nitrogens is 1. The third-order valence-corrected chi connectivity index (χ3v) is 8.11. The fourth-order valence-corrected chi connectivity index (χ4v) is 6.30. The van der Waals surface area contributed by atoms with E-state index >= 15 is 0 Å². The lowest BCUT2D eigenvalue weighted by molar-refractivity contribution is -0.123. The maximum atomic E-state index is 13.1. The number of hydrogen-bond acceptors (Lipinski definition) is 4. The highest BCUT2D eigenvalue weighted by Crippen LogP contribution is 2.37. The number of rotatable bonds is 4. The monoisotopic (exact) mass is 437 g/mol. The van der Waals surface area contributed by atoms with Crippen LogP contribution in [0.15, 0.2) is 18.2 Å². The molecule has 1 N–H and O–H groups in total. The molecule has 2 aliphatic carbocycles. The molecule has 5 nitrogen and oxygen atoms in total. The van der Waals surface area contributed by atoms with Crippen LogP contribution in [0.2, 0.25) is 0 Å². The molecule has 1 aliphatic heterocycles. The van der Waals surface area contributed by atoms with Crippen LogP contribution in [0.4, 0.5) is 10.8 Å². The molecule has 0 unspecified atom stereocenters. The van der Waals surface area contributed by atoms with Crippen molar-refractivity contribution in [1.29, 1.82) is 0 Å². The molecule has 164 valence electrons. The number of thiazole rings is 1. The van der Waals surface area contributed by atoms with Crippen molar-refractivity contribution < 1.29 is 9.59 Å². The summed E-state index contributed by atoms with van der Waals surface area (Å²) in [5.74, 6) is 0.767. The minimum absolute atomic E-state index is 0.114. The molecule has 2 aromatic rings. The number of benzene rings is 1. The molecule has 6 heteroatoms. The Labute approximate surface area is 188 Å². The minimum Gasteiger partial charge on any atom is -0.312 e. The second-order valence-corrected chi connectivity index (χ2v) is 10.5. The van der Waals surface area contributed by atoms with Crippen LogP contribution in [0, 0.1) is 18.8 Å². The van der Waals surface area contributed by atoms with Gasteiger partial charge in [-0.3, -0.25) is 9.59 Å². The van der Waals surface area contributed by atoms with Gasteiger partial charge in [-0.15, -0.1) is 11.3 Å². The molecule has 1 aromatic heterocycles. The Bertz CT molecular complexity index is 987. The predicted octanol–water partition coefficient (Wildman–Crippen LogP) is 5.72. The molecule has 0 spiro atoms. The van der Waals surface area contributed by atoms with Crippen molar-refractivity contribution in [2.45, 2.75) is 71.1 Å². The topological polar surface area (TPSA) is 62.3 Å². The number of anilines is 2. The first kappa shape index (κ1) is 20.7. The summed E-state index contributed by atoms with van der Waals surface area (Å²) >= 11 is 1.55. The van der Waals surface area contributed by atoms with Crippen molar-refractivity contribution in [1.82, 2.24) is 4.98 Å². The molecule has 1 aromatic carbocycles. The zero-order valence-corrected chi connectivity index (χ0v) is 19.1. The summed E-state index contributed by atoms with van der Waals surface area (Å²) in [7, 11) is 0. The summed E-state index contributed by atoms with van der Waals surface area (Å²) in [6.45, 7) is 2.84. The van der Waals surface area contributed by atoms with Gasteiger partial charge in [-0.25, -0.2) is 4.98 Å². The van der Waals surface area contributed by atoms with Crippen molar-refractivity contribution in [2.75, 3.05) is 16.8 Å². The smallest absolute Gasteiger partial charge is 0.230 e. The van der Waals surface area contributed by atoms with Gasteiger partial charge in [0.1, 0.15) is 0 Å². The van der Waals surface area contributed by atoms with E-state index in [4.69, 9.17) is 4.98 Å². The van der Waals surface area contributed by atoms with Gasteiger partial charge in [-0.05, 0) is 56.7 Å². The van der Waals surface area contributed by atoms with E-state index < -0.39 is 0 Å². The highest BCUT2D eigenvalue weighted by atomic mass is 32.1. The van der Waals surface area contributed by atoms with Gasteiger partial charge in [-0.2, -0.15) is 0 Å². The number of aryl methyl sites for hydroxylation is 1. The van der Waals surface area contributed by atoms with E-state index in [-0.39, 0.29) is 17.7 Å². The van der Waals surface area contributed by atoms with Gasteiger partial charge in [0.15, 0.2) is 5.13 Å². The van der Waals surface area contributed by atoms with Crippen LogP contribution in [0.3, 0.4) is 0 Å². The Hall–Kier alpha value is -2.21. The largest absolute Gasteiger partial charge is 0.312 e. The van der Waals surface area contributed by atoms with Crippen LogP contribution in [0.5, 0.6) is 0 Å². The third kappa shape index (κ3) is 4.14. The quantitative estimate of drug-likeness (QED) is 0.666. The van der Waals surface area contributed by atoms with Crippen LogP contribution in [0.25, 0.3) is 11.3 Å². The second-order valence-electron chi connectivity index (χ2n) is 9.31. The lowest BCUT2D eigenvalue weighted by Gasteiger charge is -2.26. The predicted molar refractivity (Wildman–Crippen MR) is 126 cm³/mol. The standard InChI is InChI=1S/C25H31N3O2S/c1-16-22(26-25(31-16)27-23(29)17-7-5-6-8-17)20-11-12-21-19(15-20)13-14-28(21)24(30)18-9-3-2-4-10-18/h11-12,15,17-18H,2-10,13-14H2,1H3,(H,26,27,29). The Morgan fingerprint density at radius 3 is 2.52 bits per heavy atom. The fraction of sp³-hybridized carbons (Fsp3) is 0.560. The van der Waals surface area contributed by atoms with Crippen molar-refractivity contribution in [3.05, 3.63) is 28.6 Å². The summed E-state index contributed by atoms with van der Waals surface area (Å²) in [5, 5.41) is 3.73. The number of carbonyl (C=O) groups is 2. The van der Waals surface area contributed by atoms with Gasteiger partial charge in [0, 0.05) is 34.5 Å². The molecule has 0 saturated heterocycles. The third-order valence-electron chi connectivity index (χ3n) is 7.22. The van der Waals surface area contributed by atoms with Gasteiger partial charge in [0.25, 0.3) is 0 Å². The molecule has 0 bridgehead atoms. The molecule has 0 radical (unpaired) electrons. The first-order valence-electron chi connectivity index (χ1n) is 11.8. The molecule has 2 fully saturated rings. The number of amides is 2. The zero-order chi connectivity index (χ0) is 21.4. The van der Waals surface area contributed by atoms with Crippen LogP contribution < -0.4 is 10.2 Å². The first-order valence-corrected chi connectivity index (χ1v) is 12.6. The van der Waals surface area contributed by atoms with E-state index in [1.165, 1.54) is 24.8 Å². The molecule has 0 atom stereocenters. The van der Waals surface area contributed by atoms with Crippen molar-refractivity contribution in [2.24, 2.45) is 11.8 Å². The zero-order valence-electron chi connectivity index (χ0n) is 18.3. The summed E-state index contributed by atoms with van der Waals surface area (Å²) in [4.78, 5) is 33.4. The van der Waals surface area contributed by atoms with Crippen LogP contribution in [-0.2, 0) is 16.0 Å². The van der Waals surface area contributed by atoms with Gasteiger partial charge < -0.3 is 10.2 Å². The molecule has 2 amide bonds. The Kier molecular flexibility index (Phi) is 5.83. The Balaban J connectivity index is 1.32. The van der Waals surface area contributed by atoms with Crippen molar-refractivity contribution >= 4 is 34.0 Å². The molecule has 5 rings (SSSR count). The fourth-order valence-electron chi connectivity index (χ4n) is 5.46. The Morgan fingerprint density at radius 2 is 1.74 bits per heavy atom. The number of nitrogens with zero attached hydrogens (tertiary/aromatic N) is 2. The van der Waals surface area contributed by atoms with Crippen LogP contribution in [0.1, 0.15) is 68.2 Å². The minimum atomic E-state index is 0.114. The number of carbonyl (C=O) groups excluding carboxylic acids is 2. The average molecular weight is 438 g/mol. The number of fused-ring (bicyclic) bond motifs is 1. The average Bonchev–Trinajstić information content (AvgIpc) is 3.53. The lowest BCUT2D eigenvalue weighted by Crippen LogP contribution is -2.35.